The Kier molecular flexibility index (Phi) is 5.79. The molecule has 1 aromatic carbocycles. The summed E-state index contributed by atoms with van der Waals surface area (Å²) in [5.41, 5.74) is 6.08. The largest absolute Gasteiger partial charge is 0.507 e. The van der Waals surface area contributed by atoms with Gasteiger partial charge in [0.25, 0.3) is 10.1 Å². The molecule has 0 bridgehead atoms. The molecular formula is C18H19N5O8S. The zero-order valence-electron chi connectivity index (χ0n) is 16.3. The third kappa shape index (κ3) is 4.13. The van der Waals surface area contributed by atoms with E-state index in [1.807, 2.05) is 0 Å². The minimum absolute atomic E-state index is 0.113. The van der Waals surface area contributed by atoms with Crippen molar-refractivity contribution < 1.29 is 37.5 Å². The van der Waals surface area contributed by atoms with E-state index in [2.05, 4.69) is 15.0 Å². The van der Waals surface area contributed by atoms with Crippen LogP contribution < -0.4 is 5.73 Å². The van der Waals surface area contributed by atoms with E-state index in [-0.39, 0.29) is 28.3 Å². The number of carbonyl (C=O) groups is 1. The Hall–Kier alpha value is -3.17. The van der Waals surface area contributed by atoms with E-state index in [1.165, 1.54) is 41.5 Å². The number of ether oxygens (including phenoxy) is 1. The van der Waals surface area contributed by atoms with Crippen molar-refractivity contribution in [3.05, 3.63) is 42.5 Å². The molecule has 2 aromatic heterocycles. The monoisotopic (exact) mass is 465 g/mol. The number of nitrogen functional groups attached to an aromatic ring is 1. The van der Waals surface area contributed by atoms with Crippen molar-refractivity contribution in [2.75, 3.05) is 18.1 Å². The van der Waals surface area contributed by atoms with Gasteiger partial charge in [-0.25, -0.2) is 15.0 Å². The molecular weight excluding hydrogens is 446 g/mol. The van der Waals surface area contributed by atoms with Gasteiger partial charge in [-0.2, -0.15) is 8.42 Å². The number of hydrogen-bond donors (Lipinski definition) is 4. The number of aromatic nitrogens is 4. The lowest BCUT2D eigenvalue weighted by Gasteiger charge is -2.16. The second kappa shape index (κ2) is 8.40. The summed E-state index contributed by atoms with van der Waals surface area (Å²) in [7, 11) is -4.38. The lowest BCUT2D eigenvalue weighted by molar-refractivity contribution is -0.0467. The number of nitrogens with two attached hydrogens (primary N) is 1. The zero-order valence-corrected chi connectivity index (χ0v) is 17.2. The Morgan fingerprint density at radius 1 is 1.19 bits per heavy atom. The van der Waals surface area contributed by atoms with Gasteiger partial charge in [-0.15, -0.1) is 0 Å². The molecule has 0 radical (unpaired) electrons. The fraction of sp³-hybridized carbons (Fsp3) is 0.333. The third-order valence-corrected chi connectivity index (χ3v) is 6.03. The number of anilines is 1. The van der Waals surface area contributed by atoms with Gasteiger partial charge in [-0.3, -0.25) is 13.5 Å². The molecule has 0 amide bonds. The maximum Gasteiger partial charge on any atom is 0.274 e. The first kappa shape index (κ1) is 22.0. The van der Waals surface area contributed by atoms with Gasteiger partial charge >= 0.3 is 0 Å². The molecule has 13 nitrogen and oxygen atoms in total. The number of aliphatic hydroxyl groups is 2. The summed E-state index contributed by atoms with van der Waals surface area (Å²) in [4.78, 5) is 24.1. The van der Waals surface area contributed by atoms with Crippen LogP contribution in [0.1, 0.15) is 16.6 Å². The molecule has 3 heterocycles. The topological polar surface area (TPSA) is 200 Å². The van der Waals surface area contributed by atoms with Crippen LogP contribution in [0.25, 0.3) is 11.2 Å². The second-order valence-electron chi connectivity index (χ2n) is 7.06. The average Bonchev–Trinajstić information content (AvgIpc) is 3.29. The number of hydrogen-bond acceptors (Lipinski definition) is 12. The highest BCUT2D eigenvalue weighted by Crippen LogP contribution is 2.32. The Balaban J connectivity index is 1.44. The van der Waals surface area contributed by atoms with Gasteiger partial charge in [0.05, 0.1) is 18.5 Å². The second-order valence-corrected chi connectivity index (χ2v) is 8.70. The van der Waals surface area contributed by atoms with Gasteiger partial charge in [0.2, 0.25) is 0 Å². The molecule has 14 heteroatoms. The molecule has 0 aliphatic carbocycles. The predicted octanol–water partition coefficient (Wildman–Crippen LogP) is -1.04. The number of Topliss-reactive ketones (excluding diaryl/α,β-unsaturated/α-hetero) is 1. The molecule has 0 saturated carbocycles. The maximum absolute atomic E-state index is 12.2. The lowest BCUT2D eigenvalue weighted by Crippen LogP contribution is -2.35. The van der Waals surface area contributed by atoms with Crippen LogP contribution >= 0.6 is 0 Å². The van der Waals surface area contributed by atoms with Crippen LogP contribution in [0.15, 0.2) is 36.9 Å². The minimum Gasteiger partial charge on any atom is -0.507 e. The number of benzene rings is 1. The summed E-state index contributed by atoms with van der Waals surface area (Å²) < 4.78 is 36.2. The number of para-hydroxylation sites is 1. The number of rotatable bonds is 7. The van der Waals surface area contributed by atoms with Crippen LogP contribution in [0.4, 0.5) is 5.82 Å². The first-order valence-corrected chi connectivity index (χ1v) is 10.9. The molecule has 32 heavy (non-hydrogen) atoms. The van der Waals surface area contributed by atoms with E-state index < -0.39 is 52.8 Å². The smallest absolute Gasteiger partial charge is 0.274 e. The number of carbonyl (C=O) groups excluding carboxylic acids is 1. The summed E-state index contributed by atoms with van der Waals surface area (Å²) in [6, 6.07) is 5.50. The highest BCUT2D eigenvalue weighted by Gasteiger charge is 2.45. The number of fused-ring (bicyclic) bond motifs is 1. The fourth-order valence-corrected chi connectivity index (χ4v) is 4.21. The molecule has 4 rings (SSSR count). The summed E-state index contributed by atoms with van der Waals surface area (Å²) >= 11 is 0. The van der Waals surface area contributed by atoms with Crippen molar-refractivity contribution in [2.24, 2.45) is 0 Å². The highest BCUT2D eigenvalue weighted by molar-refractivity contribution is 7.87. The van der Waals surface area contributed by atoms with Crippen LogP contribution in [-0.2, 0) is 19.0 Å². The van der Waals surface area contributed by atoms with E-state index in [0.717, 1.165) is 0 Å². The van der Waals surface area contributed by atoms with Gasteiger partial charge < -0.3 is 25.8 Å². The van der Waals surface area contributed by atoms with Gasteiger partial charge in [-0.1, -0.05) is 12.1 Å². The van der Waals surface area contributed by atoms with Crippen molar-refractivity contribution in [3.8, 4) is 5.75 Å². The van der Waals surface area contributed by atoms with E-state index >= 15 is 0 Å². The van der Waals surface area contributed by atoms with E-state index in [9.17, 15) is 28.5 Å². The Bertz CT molecular complexity index is 1260. The zero-order chi connectivity index (χ0) is 23.0. The van der Waals surface area contributed by atoms with Gasteiger partial charge in [0.1, 0.15) is 41.7 Å². The first-order valence-electron chi connectivity index (χ1n) is 9.31. The number of phenols is 1. The first-order chi connectivity index (χ1) is 15.2. The summed E-state index contributed by atoms with van der Waals surface area (Å²) in [5, 5.41) is 30.4. The number of nitrogens with zero attached hydrogens (tertiary/aromatic N) is 4. The van der Waals surface area contributed by atoms with Crippen LogP contribution in [0.3, 0.4) is 0 Å². The minimum atomic E-state index is -4.38. The number of phenolic OH excluding ortho intramolecular Hbond substituents is 1. The van der Waals surface area contributed by atoms with Crippen LogP contribution in [0.5, 0.6) is 5.75 Å². The fourth-order valence-electron chi connectivity index (χ4n) is 3.31. The Morgan fingerprint density at radius 2 is 1.94 bits per heavy atom. The van der Waals surface area contributed by atoms with Gasteiger partial charge in [-0.05, 0) is 12.1 Å². The van der Waals surface area contributed by atoms with E-state index in [1.54, 1.807) is 0 Å². The van der Waals surface area contributed by atoms with Crippen molar-refractivity contribution >= 4 is 32.9 Å². The van der Waals surface area contributed by atoms with Crippen molar-refractivity contribution in [1.82, 2.24) is 19.5 Å². The SMILES string of the molecule is Nc1ncnc2c1ncn2[C@@H]1O[C@H](COS(=O)(=O)CC(=O)c2ccccc2O)[C@@H](O)[C@H]1O. The van der Waals surface area contributed by atoms with Crippen molar-refractivity contribution in [2.45, 2.75) is 24.5 Å². The highest BCUT2D eigenvalue weighted by atomic mass is 32.2. The van der Waals surface area contributed by atoms with Crippen LogP contribution in [0, 0.1) is 0 Å². The lowest BCUT2D eigenvalue weighted by atomic mass is 10.1. The number of aliphatic hydroxyl groups excluding tert-OH is 2. The summed E-state index contributed by atoms with van der Waals surface area (Å²) in [5.74, 6) is -2.13. The Morgan fingerprint density at radius 3 is 2.69 bits per heavy atom. The molecule has 0 unspecified atom stereocenters. The summed E-state index contributed by atoms with van der Waals surface area (Å²) in [6.07, 6.45) is -2.85. The van der Waals surface area contributed by atoms with Gasteiger partial charge in [0.15, 0.2) is 23.5 Å². The predicted molar refractivity (Wildman–Crippen MR) is 108 cm³/mol. The quantitative estimate of drug-likeness (QED) is 0.244. The normalized spacial score (nSPS) is 23.6. The molecule has 1 saturated heterocycles. The molecule has 4 atom stereocenters. The average molecular weight is 465 g/mol. The maximum atomic E-state index is 12.2. The molecule has 0 spiro atoms. The standard InChI is InChI=1S/C18H19N5O8S/c19-16-13-17(21-7-20-16)23(8-22-13)18-15(27)14(26)12(31-18)5-30-32(28,29)6-11(25)9-3-1-2-4-10(9)24/h1-4,7-8,12,14-15,18,24,26-27H,5-6H2,(H2,19,20,21)/t12-,14-,15-,18-/m1/s1. The number of imidazole rings is 1. The van der Waals surface area contributed by atoms with Crippen LogP contribution in [0.2, 0.25) is 0 Å². The van der Waals surface area contributed by atoms with E-state index in [4.69, 9.17) is 14.7 Å². The van der Waals surface area contributed by atoms with Crippen molar-refractivity contribution in [3.63, 3.8) is 0 Å². The third-order valence-electron chi connectivity index (χ3n) is 4.92. The van der Waals surface area contributed by atoms with Crippen LogP contribution in [-0.4, -0.2) is 79.7 Å². The van der Waals surface area contributed by atoms with Gasteiger partial charge in [0, 0.05) is 0 Å². The molecule has 5 N–H and O–H groups in total. The molecule has 170 valence electrons. The molecule has 1 aliphatic rings. The Labute approximate surface area is 181 Å². The molecule has 3 aromatic rings. The summed E-state index contributed by atoms with van der Waals surface area (Å²) in [6.45, 7) is -0.658. The van der Waals surface area contributed by atoms with Crippen molar-refractivity contribution in [1.29, 1.82) is 0 Å². The van der Waals surface area contributed by atoms with E-state index in [0.29, 0.717) is 0 Å². The number of aromatic hydroxyl groups is 1. The molecule has 1 aliphatic heterocycles. The molecule has 1 fully saturated rings. The number of ketones is 1.